The van der Waals surface area contributed by atoms with Gasteiger partial charge in [-0.3, -0.25) is 0 Å². The minimum absolute atomic E-state index is 0.117. The lowest BCUT2D eigenvalue weighted by Crippen LogP contribution is -2.35. The summed E-state index contributed by atoms with van der Waals surface area (Å²) in [6, 6.07) is 16.0. The van der Waals surface area contributed by atoms with Gasteiger partial charge in [-0.15, -0.1) is 0 Å². The first-order chi connectivity index (χ1) is 11.0. The van der Waals surface area contributed by atoms with E-state index in [2.05, 4.69) is 17.4 Å². The Labute approximate surface area is 134 Å². The van der Waals surface area contributed by atoms with Crippen molar-refractivity contribution in [1.82, 2.24) is 5.32 Å². The molecule has 0 radical (unpaired) electrons. The number of hydrogen-bond donors (Lipinski definition) is 1. The SMILES string of the molecule is FC(F)(F)c1ccc([C@H]2NCCC[C@@H]2Cc2ccccc2)cc1. The molecule has 0 aromatic heterocycles. The zero-order valence-electron chi connectivity index (χ0n) is 12.8. The van der Waals surface area contributed by atoms with Crippen LogP contribution in [0.15, 0.2) is 54.6 Å². The van der Waals surface area contributed by atoms with Gasteiger partial charge in [-0.25, -0.2) is 0 Å². The highest BCUT2D eigenvalue weighted by Gasteiger charge is 2.31. The van der Waals surface area contributed by atoms with Crippen molar-refractivity contribution in [3.63, 3.8) is 0 Å². The van der Waals surface area contributed by atoms with Crippen molar-refractivity contribution in [2.45, 2.75) is 31.5 Å². The lowest BCUT2D eigenvalue weighted by atomic mass is 9.82. The van der Waals surface area contributed by atoms with Gasteiger partial charge in [0.2, 0.25) is 0 Å². The highest BCUT2D eigenvalue weighted by Crippen LogP contribution is 2.34. The van der Waals surface area contributed by atoms with Gasteiger partial charge in [-0.1, -0.05) is 42.5 Å². The second kappa shape index (κ2) is 6.75. The van der Waals surface area contributed by atoms with E-state index < -0.39 is 11.7 Å². The Balaban J connectivity index is 1.78. The largest absolute Gasteiger partial charge is 0.416 e. The highest BCUT2D eigenvalue weighted by atomic mass is 19.4. The Hall–Kier alpha value is -1.81. The summed E-state index contributed by atoms with van der Waals surface area (Å²) in [7, 11) is 0. The topological polar surface area (TPSA) is 12.0 Å². The summed E-state index contributed by atoms with van der Waals surface area (Å²) in [5.41, 5.74) is 1.63. The van der Waals surface area contributed by atoms with Crippen LogP contribution in [-0.2, 0) is 12.6 Å². The third-order valence-corrected chi connectivity index (χ3v) is 4.53. The quantitative estimate of drug-likeness (QED) is 0.840. The van der Waals surface area contributed by atoms with Crippen molar-refractivity contribution in [3.05, 3.63) is 71.3 Å². The summed E-state index contributed by atoms with van der Waals surface area (Å²) < 4.78 is 38.1. The van der Waals surface area contributed by atoms with Crippen LogP contribution in [0.4, 0.5) is 13.2 Å². The molecule has 3 rings (SSSR count). The molecule has 1 fully saturated rings. The first-order valence-electron chi connectivity index (χ1n) is 7.98. The molecule has 122 valence electrons. The maximum absolute atomic E-state index is 12.7. The van der Waals surface area contributed by atoms with E-state index >= 15 is 0 Å². The third kappa shape index (κ3) is 3.94. The molecule has 1 nitrogen and oxygen atoms in total. The molecular formula is C19H20F3N. The number of nitrogens with one attached hydrogen (secondary N) is 1. The van der Waals surface area contributed by atoms with Crippen molar-refractivity contribution in [1.29, 1.82) is 0 Å². The molecule has 2 aromatic carbocycles. The molecule has 1 N–H and O–H groups in total. The fourth-order valence-electron chi connectivity index (χ4n) is 3.36. The van der Waals surface area contributed by atoms with E-state index in [1.54, 1.807) is 12.1 Å². The van der Waals surface area contributed by atoms with Gasteiger partial charge in [0.15, 0.2) is 0 Å². The monoisotopic (exact) mass is 319 g/mol. The second-order valence-electron chi connectivity index (χ2n) is 6.14. The third-order valence-electron chi connectivity index (χ3n) is 4.53. The molecule has 0 spiro atoms. The molecule has 0 aliphatic carbocycles. The molecule has 4 heteroatoms. The highest BCUT2D eigenvalue weighted by molar-refractivity contribution is 5.28. The van der Waals surface area contributed by atoms with Gasteiger partial charge in [0.25, 0.3) is 0 Å². The van der Waals surface area contributed by atoms with Gasteiger partial charge >= 0.3 is 6.18 Å². The normalized spacial score (nSPS) is 22.0. The Morgan fingerprint density at radius 3 is 2.30 bits per heavy atom. The zero-order valence-corrected chi connectivity index (χ0v) is 12.8. The molecule has 2 aromatic rings. The maximum Gasteiger partial charge on any atom is 0.416 e. The lowest BCUT2D eigenvalue weighted by molar-refractivity contribution is -0.137. The number of halogens is 3. The molecular weight excluding hydrogens is 299 g/mol. The molecule has 0 amide bonds. The average Bonchev–Trinajstić information content (AvgIpc) is 2.56. The molecule has 1 aliphatic heterocycles. The van der Waals surface area contributed by atoms with E-state index in [0.717, 1.165) is 31.4 Å². The van der Waals surface area contributed by atoms with Crippen LogP contribution in [0, 0.1) is 5.92 Å². The van der Waals surface area contributed by atoms with Crippen LogP contribution in [0.3, 0.4) is 0 Å². The first-order valence-corrected chi connectivity index (χ1v) is 7.98. The number of hydrogen-bond acceptors (Lipinski definition) is 1. The van der Waals surface area contributed by atoms with Crippen LogP contribution in [0.2, 0.25) is 0 Å². The van der Waals surface area contributed by atoms with Crippen LogP contribution in [0.1, 0.15) is 35.6 Å². The van der Waals surface area contributed by atoms with Crippen molar-refractivity contribution >= 4 is 0 Å². The molecule has 23 heavy (non-hydrogen) atoms. The van der Waals surface area contributed by atoms with Gasteiger partial charge in [0.1, 0.15) is 0 Å². The number of rotatable bonds is 3. The van der Waals surface area contributed by atoms with Crippen molar-refractivity contribution in [3.8, 4) is 0 Å². The van der Waals surface area contributed by atoms with Crippen LogP contribution >= 0.6 is 0 Å². The predicted molar refractivity (Wildman–Crippen MR) is 85.1 cm³/mol. The number of alkyl halides is 3. The minimum atomic E-state index is -4.28. The maximum atomic E-state index is 12.7. The lowest BCUT2D eigenvalue weighted by Gasteiger charge is -2.33. The zero-order chi connectivity index (χ0) is 16.3. The molecule has 0 bridgehead atoms. The molecule has 1 aliphatic rings. The Morgan fingerprint density at radius 1 is 0.957 bits per heavy atom. The average molecular weight is 319 g/mol. The van der Waals surface area contributed by atoms with Crippen molar-refractivity contribution in [2.75, 3.05) is 6.54 Å². The number of piperidine rings is 1. The van der Waals surface area contributed by atoms with E-state index in [4.69, 9.17) is 0 Å². The van der Waals surface area contributed by atoms with Crippen molar-refractivity contribution < 1.29 is 13.2 Å². The molecule has 2 atom stereocenters. The van der Waals surface area contributed by atoms with E-state index in [1.165, 1.54) is 17.7 Å². The number of benzene rings is 2. The van der Waals surface area contributed by atoms with E-state index in [9.17, 15) is 13.2 Å². The van der Waals surface area contributed by atoms with E-state index in [1.807, 2.05) is 18.2 Å². The Bertz CT molecular complexity index is 619. The predicted octanol–water partition coefficient (Wildman–Crippen LogP) is 4.99. The second-order valence-corrected chi connectivity index (χ2v) is 6.14. The van der Waals surface area contributed by atoms with Gasteiger partial charge in [0, 0.05) is 6.04 Å². The van der Waals surface area contributed by atoms with Crippen LogP contribution in [0.5, 0.6) is 0 Å². The fourth-order valence-corrected chi connectivity index (χ4v) is 3.36. The van der Waals surface area contributed by atoms with Crippen LogP contribution in [0.25, 0.3) is 0 Å². The van der Waals surface area contributed by atoms with Gasteiger partial charge in [-0.05, 0) is 55.0 Å². The van der Waals surface area contributed by atoms with E-state index in [-0.39, 0.29) is 6.04 Å². The molecule has 0 saturated carbocycles. The van der Waals surface area contributed by atoms with Gasteiger partial charge in [-0.2, -0.15) is 13.2 Å². The Kier molecular flexibility index (Phi) is 4.71. The summed E-state index contributed by atoms with van der Waals surface area (Å²) in [4.78, 5) is 0. The van der Waals surface area contributed by atoms with Crippen LogP contribution in [-0.4, -0.2) is 6.54 Å². The summed E-state index contributed by atoms with van der Waals surface area (Å²) in [6.45, 7) is 0.914. The molecule has 1 saturated heterocycles. The van der Waals surface area contributed by atoms with Gasteiger partial charge in [0.05, 0.1) is 5.56 Å². The van der Waals surface area contributed by atoms with E-state index in [0.29, 0.717) is 5.92 Å². The van der Waals surface area contributed by atoms with Gasteiger partial charge < -0.3 is 5.32 Å². The van der Waals surface area contributed by atoms with Crippen molar-refractivity contribution in [2.24, 2.45) is 5.92 Å². The fraction of sp³-hybridized carbons (Fsp3) is 0.368. The summed E-state index contributed by atoms with van der Waals surface area (Å²) in [5, 5.41) is 3.48. The van der Waals surface area contributed by atoms with Crippen LogP contribution < -0.4 is 5.32 Å². The first kappa shape index (κ1) is 16.1. The molecule has 1 heterocycles. The summed E-state index contributed by atoms with van der Waals surface area (Å²) in [6.07, 6.45) is -1.14. The Morgan fingerprint density at radius 2 is 1.65 bits per heavy atom. The summed E-state index contributed by atoms with van der Waals surface area (Å²) >= 11 is 0. The smallest absolute Gasteiger partial charge is 0.310 e. The summed E-state index contributed by atoms with van der Waals surface area (Å²) in [5.74, 6) is 0.405. The standard InChI is InChI=1S/C19H20F3N/c20-19(21,22)17-10-8-15(9-11-17)18-16(7-4-12-23-18)13-14-5-2-1-3-6-14/h1-3,5-6,8-11,16,18,23H,4,7,12-13H2/t16-,18-/m1/s1. The minimum Gasteiger partial charge on any atom is -0.310 e. The molecule has 0 unspecified atom stereocenters.